The molecule has 1 atom stereocenters. The fourth-order valence-corrected chi connectivity index (χ4v) is 2.70. The Kier molecular flexibility index (Phi) is 6.89. The lowest BCUT2D eigenvalue weighted by molar-refractivity contribution is 0.0582. The van der Waals surface area contributed by atoms with Gasteiger partial charge in [0.1, 0.15) is 18.1 Å². The minimum Gasteiger partial charge on any atom is -0.488 e. The molecule has 0 saturated heterocycles. The number of carbonyl (C=O) groups is 1. The largest absolute Gasteiger partial charge is 0.488 e. The lowest BCUT2D eigenvalue weighted by atomic mass is 9.99. The van der Waals surface area contributed by atoms with Crippen molar-refractivity contribution in [2.75, 3.05) is 13.2 Å². The third-order valence-electron chi connectivity index (χ3n) is 4.22. The minimum atomic E-state index is -2.67. The zero-order valence-electron chi connectivity index (χ0n) is 15.9. The SMILES string of the molecule is C/C(N)=C(/S)COc1ccc2nn(C)c(C(=O)NC(C)(CO)CC(F)F)c2c1. The maximum Gasteiger partial charge on any atom is 0.270 e. The Balaban J connectivity index is 2.33. The second kappa shape index (κ2) is 8.78. The van der Waals surface area contributed by atoms with Crippen molar-refractivity contribution in [3.63, 3.8) is 0 Å². The van der Waals surface area contributed by atoms with Gasteiger partial charge in [0.05, 0.1) is 17.7 Å². The zero-order valence-corrected chi connectivity index (χ0v) is 16.8. The standard InChI is InChI=1S/C18H24F2N4O3S/c1-10(21)14(28)8-27-11-4-5-13-12(6-11)16(24(3)23-13)17(26)22-18(2,9-25)7-15(19)20/h4-6,15,25,28H,7-9,21H2,1-3H3,(H,22,26)/b14-10-. The number of amides is 1. The van der Waals surface area contributed by atoms with Crippen molar-refractivity contribution in [2.24, 2.45) is 12.8 Å². The van der Waals surface area contributed by atoms with E-state index in [1.54, 1.807) is 32.2 Å². The number of benzene rings is 1. The van der Waals surface area contributed by atoms with Gasteiger partial charge >= 0.3 is 0 Å². The highest BCUT2D eigenvalue weighted by atomic mass is 32.1. The fraction of sp³-hybridized carbons (Fsp3) is 0.444. The number of thiol groups is 1. The lowest BCUT2D eigenvalue weighted by Crippen LogP contribution is -2.50. The summed E-state index contributed by atoms with van der Waals surface area (Å²) in [5, 5.41) is 16.7. The van der Waals surface area contributed by atoms with E-state index in [2.05, 4.69) is 23.0 Å². The molecule has 0 radical (unpaired) electrons. The fourth-order valence-electron chi connectivity index (χ4n) is 2.63. The van der Waals surface area contributed by atoms with Gasteiger partial charge in [-0.15, -0.1) is 12.6 Å². The van der Waals surface area contributed by atoms with Crippen LogP contribution < -0.4 is 15.8 Å². The molecule has 28 heavy (non-hydrogen) atoms. The number of hydrogen-bond acceptors (Lipinski definition) is 6. The van der Waals surface area contributed by atoms with Gasteiger partial charge in [-0.3, -0.25) is 9.48 Å². The number of aryl methyl sites for hydroxylation is 1. The summed E-state index contributed by atoms with van der Waals surface area (Å²) >= 11 is 4.23. The Labute approximate surface area is 166 Å². The van der Waals surface area contributed by atoms with Crippen molar-refractivity contribution in [1.82, 2.24) is 15.1 Å². The summed E-state index contributed by atoms with van der Waals surface area (Å²) < 4.78 is 32.6. The number of allylic oxidation sites excluding steroid dienone is 1. The molecule has 4 N–H and O–H groups in total. The van der Waals surface area contributed by atoms with E-state index in [-0.39, 0.29) is 12.3 Å². The first kappa shape index (κ1) is 22.0. The van der Waals surface area contributed by atoms with Crippen LogP contribution in [0.3, 0.4) is 0 Å². The molecule has 10 heteroatoms. The number of ether oxygens (including phenoxy) is 1. The van der Waals surface area contributed by atoms with Crippen molar-refractivity contribution >= 4 is 29.4 Å². The molecule has 0 fully saturated rings. The summed E-state index contributed by atoms with van der Waals surface area (Å²) in [5.74, 6) is -0.146. The average molecular weight is 414 g/mol. The van der Waals surface area contributed by atoms with Crippen LogP contribution in [0.5, 0.6) is 5.75 Å². The molecule has 0 aliphatic rings. The molecule has 0 aliphatic heterocycles. The van der Waals surface area contributed by atoms with Crippen LogP contribution in [0.25, 0.3) is 10.9 Å². The van der Waals surface area contributed by atoms with Crippen LogP contribution in [0, 0.1) is 0 Å². The molecule has 1 heterocycles. The molecule has 154 valence electrons. The maximum atomic E-state index is 12.8. The van der Waals surface area contributed by atoms with Crippen LogP contribution in [0.2, 0.25) is 0 Å². The summed E-state index contributed by atoms with van der Waals surface area (Å²) in [6.45, 7) is 2.61. The van der Waals surface area contributed by atoms with Gasteiger partial charge in [0, 0.05) is 29.5 Å². The van der Waals surface area contributed by atoms with E-state index in [9.17, 15) is 18.7 Å². The Hall–Kier alpha value is -2.33. The van der Waals surface area contributed by atoms with Gasteiger partial charge in [0.15, 0.2) is 0 Å². The number of fused-ring (bicyclic) bond motifs is 1. The quantitative estimate of drug-likeness (QED) is 0.496. The van der Waals surface area contributed by atoms with Gasteiger partial charge in [-0.25, -0.2) is 8.78 Å². The van der Waals surface area contributed by atoms with Gasteiger partial charge in [-0.1, -0.05) is 0 Å². The number of aliphatic hydroxyl groups is 1. The number of nitrogens with zero attached hydrogens (tertiary/aromatic N) is 2. The third-order valence-corrected chi connectivity index (χ3v) is 4.70. The van der Waals surface area contributed by atoms with E-state index in [1.807, 2.05) is 0 Å². The molecule has 0 aliphatic carbocycles. The predicted octanol–water partition coefficient (Wildman–Crippen LogP) is 2.21. The van der Waals surface area contributed by atoms with E-state index in [0.29, 0.717) is 27.3 Å². The second-order valence-corrected chi connectivity index (χ2v) is 7.38. The summed E-state index contributed by atoms with van der Waals surface area (Å²) in [6.07, 6.45) is -3.34. The molecular weight excluding hydrogens is 390 g/mol. The van der Waals surface area contributed by atoms with E-state index >= 15 is 0 Å². The molecule has 1 unspecified atom stereocenters. The molecule has 1 amide bonds. The van der Waals surface area contributed by atoms with Crippen molar-refractivity contribution in [3.8, 4) is 5.75 Å². The van der Waals surface area contributed by atoms with Crippen LogP contribution in [0.15, 0.2) is 28.8 Å². The topological polar surface area (TPSA) is 102 Å². The van der Waals surface area contributed by atoms with E-state index in [1.165, 1.54) is 11.6 Å². The van der Waals surface area contributed by atoms with Gasteiger partial charge in [-0.05, 0) is 32.0 Å². The van der Waals surface area contributed by atoms with Crippen molar-refractivity contribution < 1.29 is 23.4 Å². The first-order valence-electron chi connectivity index (χ1n) is 8.51. The predicted molar refractivity (Wildman–Crippen MR) is 106 cm³/mol. The number of aromatic nitrogens is 2. The maximum absolute atomic E-state index is 12.8. The zero-order chi connectivity index (χ0) is 21.1. The molecule has 7 nitrogen and oxygen atoms in total. The van der Waals surface area contributed by atoms with Crippen LogP contribution in [0.1, 0.15) is 30.8 Å². The van der Waals surface area contributed by atoms with Gasteiger partial charge in [0.25, 0.3) is 5.91 Å². The summed E-state index contributed by atoms with van der Waals surface area (Å²) in [4.78, 5) is 13.3. The molecule has 1 aromatic heterocycles. The van der Waals surface area contributed by atoms with Gasteiger partial charge in [0.2, 0.25) is 6.43 Å². The van der Waals surface area contributed by atoms with Gasteiger partial charge < -0.3 is 20.9 Å². The first-order chi connectivity index (χ1) is 13.1. The van der Waals surface area contributed by atoms with Crippen LogP contribution in [-0.4, -0.2) is 46.0 Å². The first-order valence-corrected chi connectivity index (χ1v) is 8.96. The van der Waals surface area contributed by atoms with Crippen LogP contribution in [-0.2, 0) is 7.05 Å². The van der Waals surface area contributed by atoms with Crippen LogP contribution in [0.4, 0.5) is 8.78 Å². The molecule has 0 bridgehead atoms. The number of rotatable bonds is 8. The van der Waals surface area contributed by atoms with Gasteiger partial charge in [-0.2, -0.15) is 5.10 Å². The Morgan fingerprint density at radius 2 is 2.18 bits per heavy atom. The number of carbonyl (C=O) groups excluding carboxylic acids is 1. The highest BCUT2D eigenvalue weighted by molar-refractivity contribution is 7.84. The average Bonchev–Trinajstić information content (AvgIpc) is 2.93. The third kappa shape index (κ3) is 5.14. The number of alkyl halides is 2. The number of halogens is 2. The van der Waals surface area contributed by atoms with Crippen molar-refractivity contribution in [2.45, 2.75) is 32.2 Å². The lowest BCUT2D eigenvalue weighted by Gasteiger charge is -2.28. The highest BCUT2D eigenvalue weighted by Crippen LogP contribution is 2.25. The van der Waals surface area contributed by atoms with E-state index in [4.69, 9.17) is 10.5 Å². The monoisotopic (exact) mass is 414 g/mol. The number of nitrogens with one attached hydrogen (secondary N) is 1. The number of hydrogen-bond donors (Lipinski definition) is 4. The Morgan fingerprint density at radius 1 is 1.50 bits per heavy atom. The van der Waals surface area contributed by atoms with E-state index < -0.39 is 30.9 Å². The van der Waals surface area contributed by atoms with Crippen molar-refractivity contribution in [3.05, 3.63) is 34.5 Å². The molecule has 1 aromatic carbocycles. The molecule has 2 aromatic rings. The number of aliphatic hydroxyl groups excluding tert-OH is 1. The Morgan fingerprint density at radius 3 is 2.75 bits per heavy atom. The summed E-state index contributed by atoms with van der Waals surface area (Å²) in [5.41, 5.74) is 5.44. The second-order valence-electron chi connectivity index (χ2n) is 6.84. The van der Waals surface area contributed by atoms with E-state index in [0.717, 1.165) is 0 Å². The number of nitrogens with two attached hydrogens (primary N) is 1. The van der Waals surface area contributed by atoms with Crippen LogP contribution >= 0.6 is 12.6 Å². The molecular formula is C18H24F2N4O3S. The molecule has 0 spiro atoms. The normalized spacial score (nSPS) is 14.7. The summed E-state index contributed by atoms with van der Waals surface area (Å²) in [7, 11) is 1.57. The molecule has 2 rings (SSSR count). The minimum absolute atomic E-state index is 0.162. The van der Waals surface area contributed by atoms with Crippen molar-refractivity contribution in [1.29, 1.82) is 0 Å². The highest BCUT2D eigenvalue weighted by Gasteiger charge is 2.31. The summed E-state index contributed by atoms with van der Waals surface area (Å²) in [6, 6.07) is 5.01. The Bertz CT molecular complexity index is 896. The smallest absolute Gasteiger partial charge is 0.270 e. The molecule has 0 saturated carbocycles.